The van der Waals surface area contributed by atoms with Gasteiger partial charge in [0.2, 0.25) is 11.6 Å². The molecule has 3 aromatic heterocycles. The second kappa shape index (κ2) is 4.88. The van der Waals surface area contributed by atoms with Crippen LogP contribution in [0.5, 0.6) is 5.75 Å². The van der Waals surface area contributed by atoms with Gasteiger partial charge in [-0.2, -0.15) is 13.2 Å². The molecule has 5 nitrogen and oxygen atoms in total. The van der Waals surface area contributed by atoms with Crippen molar-refractivity contribution in [2.24, 2.45) is 0 Å². The Morgan fingerprint density at radius 3 is 2.76 bits per heavy atom. The molecule has 0 fully saturated rings. The van der Waals surface area contributed by atoms with Crippen molar-refractivity contribution >= 4 is 23.1 Å². The summed E-state index contributed by atoms with van der Waals surface area (Å²) in [6.45, 7) is 0. The van der Waals surface area contributed by atoms with Crippen LogP contribution in [0.1, 0.15) is 5.56 Å². The van der Waals surface area contributed by atoms with Gasteiger partial charge in [-0.15, -0.1) is 0 Å². The Balaban J connectivity index is 2.13. The third-order valence-corrected chi connectivity index (χ3v) is 2.84. The average molecular weight is 316 g/mol. The summed E-state index contributed by atoms with van der Waals surface area (Å²) in [6, 6.07) is 2.37. The summed E-state index contributed by atoms with van der Waals surface area (Å²) in [7, 11) is 0. The van der Waals surface area contributed by atoms with Crippen LogP contribution in [0, 0.1) is 0 Å². The summed E-state index contributed by atoms with van der Waals surface area (Å²) in [5.74, 6) is 0.205. The largest absolute Gasteiger partial charge is 0.418 e. The van der Waals surface area contributed by atoms with E-state index in [4.69, 9.17) is 16.3 Å². The molecule has 3 heterocycles. The van der Waals surface area contributed by atoms with Gasteiger partial charge < -0.3 is 8.71 Å². The Hall–Kier alpha value is -2.35. The fourth-order valence-corrected chi connectivity index (χ4v) is 1.83. The lowest BCUT2D eigenvalue weighted by Crippen LogP contribution is -2.04. The van der Waals surface area contributed by atoms with E-state index < -0.39 is 11.7 Å². The molecule has 3 aromatic rings. The van der Waals surface area contributed by atoms with E-state index in [2.05, 4.69) is 19.2 Å². The normalized spacial score (nSPS) is 11.8. The molecule has 0 atom stereocenters. The molecule has 0 radical (unpaired) electrons. The molecule has 0 aliphatic carbocycles. The van der Waals surface area contributed by atoms with Crippen molar-refractivity contribution in [3.05, 3.63) is 36.3 Å². The Labute approximate surface area is 120 Å². The number of nitrogens with zero attached hydrogens (tertiary/aromatic N) is 3. The molecule has 0 aliphatic heterocycles. The van der Waals surface area contributed by atoms with Gasteiger partial charge in [-0.05, 0) is 12.1 Å². The van der Waals surface area contributed by atoms with Crippen LogP contribution in [0.2, 0.25) is 0 Å². The van der Waals surface area contributed by atoms with Gasteiger partial charge in [-0.3, -0.25) is 4.98 Å². The van der Waals surface area contributed by atoms with Crippen molar-refractivity contribution in [2.45, 2.75) is 6.18 Å². The van der Waals surface area contributed by atoms with Gasteiger partial charge in [0.1, 0.15) is 17.4 Å². The zero-order valence-electron chi connectivity index (χ0n) is 10.1. The number of hydrogen-bond donors (Lipinski definition) is 0. The van der Waals surface area contributed by atoms with Gasteiger partial charge in [-0.25, -0.2) is 9.97 Å². The quantitative estimate of drug-likeness (QED) is 0.719. The SMILES string of the molecule is FC(F)(F)c1cnc2oc(-c3ccncc3OCl)nc2c1. The van der Waals surface area contributed by atoms with E-state index in [9.17, 15) is 13.2 Å². The molecule has 0 aliphatic rings. The van der Waals surface area contributed by atoms with Crippen LogP contribution in [0.15, 0.2) is 35.1 Å². The number of fused-ring (bicyclic) bond motifs is 1. The third kappa shape index (κ3) is 2.49. The monoisotopic (exact) mass is 315 g/mol. The number of rotatable bonds is 2. The molecule has 3 rings (SSSR count). The summed E-state index contributed by atoms with van der Waals surface area (Å²) in [5, 5.41) is 0. The molecule has 0 unspecified atom stereocenters. The van der Waals surface area contributed by atoms with Crippen molar-refractivity contribution in [1.82, 2.24) is 15.0 Å². The molecule has 9 heteroatoms. The first-order valence-corrected chi connectivity index (χ1v) is 5.86. The minimum atomic E-state index is -4.50. The number of oxazole rings is 1. The van der Waals surface area contributed by atoms with Crippen LogP contribution in [-0.2, 0) is 6.18 Å². The summed E-state index contributed by atoms with van der Waals surface area (Å²) in [4.78, 5) is 11.4. The molecule has 108 valence electrons. The van der Waals surface area contributed by atoms with E-state index in [1.807, 2.05) is 0 Å². The standard InChI is InChI=1S/C12H5ClF3N3O2/c13-21-9-5-17-2-1-7(9)10-19-8-3-6(12(14,15)16)4-18-11(8)20-10/h1-5H. The second-order valence-electron chi connectivity index (χ2n) is 4.01. The molecule has 0 spiro atoms. The van der Waals surface area contributed by atoms with Gasteiger partial charge in [0.25, 0.3) is 0 Å². The topological polar surface area (TPSA) is 61.0 Å². The Kier molecular flexibility index (Phi) is 3.17. The Morgan fingerprint density at radius 2 is 2.05 bits per heavy atom. The third-order valence-electron chi connectivity index (χ3n) is 2.67. The van der Waals surface area contributed by atoms with Crippen molar-refractivity contribution < 1.29 is 21.9 Å². The molecular formula is C12H5ClF3N3O2. The number of alkyl halides is 3. The van der Waals surface area contributed by atoms with Gasteiger partial charge in [-0.1, -0.05) is 0 Å². The predicted octanol–water partition coefficient (Wildman–Crippen LogP) is 3.84. The molecular weight excluding hydrogens is 311 g/mol. The van der Waals surface area contributed by atoms with Crippen molar-refractivity contribution in [1.29, 1.82) is 0 Å². The molecule has 0 aromatic carbocycles. The van der Waals surface area contributed by atoms with Crippen LogP contribution in [0.3, 0.4) is 0 Å². The number of halogens is 4. The minimum Gasteiger partial charge on any atom is -0.418 e. The highest BCUT2D eigenvalue weighted by Crippen LogP contribution is 2.33. The summed E-state index contributed by atoms with van der Waals surface area (Å²) in [6.07, 6.45) is -1.05. The van der Waals surface area contributed by atoms with E-state index in [1.165, 1.54) is 18.5 Å². The van der Waals surface area contributed by atoms with Gasteiger partial charge in [0, 0.05) is 12.4 Å². The lowest BCUT2D eigenvalue weighted by atomic mass is 10.2. The summed E-state index contributed by atoms with van der Waals surface area (Å²) in [5.41, 5.74) is -0.586. The van der Waals surface area contributed by atoms with E-state index in [0.717, 1.165) is 6.07 Å². The van der Waals surface area contributed by atoms with E-state index >= 15 is 0 Å². The first-order chi connectivity index (χ1) is 9.99. The maximum Gasteiger partial charge on any atom is 0.417 e. The molecule has 0 saturated carbocycles. The minimum absolute atomic E-state index is 0.0165. The Bertz CT molecular complexity index is 804. The predicted molar refractivity (Wildman–Crippen MR) is 66.5 cm³/mol. The first kappa shape index (κ1) is 13.6. The smallest absolute Gasteiger partial charge is 0.417 e. The number of pyridine rings is 2. The fourth-order valence-electron chi connectivity index (χ4n) is 1.71. The van der Waals surface area contributed by atoms with Crippen molar-refractivity contribution in [3.63, 3.8) is 0 Å². The maximum absolute atomic E-state index is 12.6. The lowest BCUT2D eigenvalue weighted by Gasteiger charge is -2.03. The van der Waals surface area contributed by atoms with E-state index in [0.29, 0.717) is 11.8 Å². The molecule has 0 N–H and O–H groups in total. The highest BCUT2D eigenvalue weighted by atomic mass is 35.5. The van der Waals surface area contributed by atoms with Gasteiger partial charge in [0.05, 0.1) is 17.3 Å². The molecule has 0 saturated heterocycles. The van der Waals surface area contributed by atoms with Crippen LogP contribution >= 0.6 is 11.9 Å². The van der Waals surface area contributed by atoms with Crippen LogP contribution in [0.4, 0.5) is 13.2 Å². The van der Waals surface area contributed by atoms with Gasteiger partial charge >= 0.3 is 6.18 Å². The van der Waals surface area contributed by atoms with Gasteiger partial charge in [0.15, 0.2) is 5.75 Å². The number of hydrogen-bond acceptors (Lipinski definition) is 5. The van der Waals surface area contributed by atoms with Crippen LogP contribution in [-0.4, -0.2) is 15.0 Å². The van der Waals surface area contributed by atoms with Crippen LogP contribution in [0.25, 0.3) is 22.7 Å². The Morgan fingerprint density at radius 1 is 1.24 bits per heavy atom. The zero-order chi connectivity index (χ0) is 15.0. The molecule has 0 bridgehead atoms. The van der Waals surface area contributed by atoms with Crippen LogP contribution < -0.4 is 4.29 Å². The van der Waals surface area contributed by atoms with Crippen molar-refractivity contribution in [3.8, 4) is 17.2 Å². The second-order valence-corrected chi connectivity index (χ2v) is 4.17. The maximum atomic E-state index is 12.6. The molecule has 21 heavy (non-hydrogen) atoms. The number of aromatic nitrogens is 3. The van der Waals surface area contributed by atoms with Crippen molar-refractivity contribution in [2.75, 3.05) is 0 Å². The highest BCUT2D eigenvalue weighted by molar-refractivity contribution is 6.09. The van der Waals surface area contributed by atoms with E-state index in [-0.39, 0.29) is 22.9 Å². The summed E-state index contributed by atoms with van der Waals surface area (Å²) < 4.78 is 47.8. The highest BCUT2D eigenvalue weighted by Gasteiger charge is 2.31. The summed E-state index contributed by atoms with van der Waals surface area (Å²) >= 11 is 5.29. The fraction of sp³-hybridized carbons (Fsp3) is 0.0833. The first-order valence-electron chi connectivity index (χ1n) is 5.56. The van der Waals surface area contributed by atoms with E-state index in [1.54, 1.807) is 0 Å². The molecule has 0 amide bonds. The average Bonchev–Trinajstić information content (AvgIpc) is 2.89. The lowest BCUT2D eigenvalue weighted by molar-refractivity contribution is -0.137. The zero-order valence-corrected chi connectivity index (χ0v) is 10.8.